The maximum Gasteiger partial charge on any atom is 0.254 e. The van der Waals surface area contributed by atoms with E-state index in [0.29, 0.717) is 0 Å². The molecule has 0 bridgehead atoms. The van der Waals surface area contributed by atoms with Crippen LogP contribution in [0.25, 0.3) is 0 Å². The molecule has 0 heterocycles. The third kappa shape index (κ3) is 4.82. The van der Waals surface area contributed by atoms with Crippen LogP contribution >= 0.6 is 7.92 Å². The molecule has 136 valence electrons. The van der Waals surface area contributed by atoms with Crippen molar-refractivity contribution in [2.24, 2.45) is 0 Å². The van der Waals surface area contributed by atoms with Crippen LogP contribution in [-0.4, -0.2) is 33.2 Å². The van der Waals surface area contributed by atoms with Crippen LogP contribution in [0, 0.1) is 0 Å². The van der Waals surface area contributed by atoms with Crippen LogP contribution in [0.3, 0.4) is 0 Å². The van der Waals surface area contributed by atoms with Crippen molar-refractivity contribution >= 4 is 19.1 Å². The minimum absolute atomic E-state index is 0.143. The Balaban J connectivity index is 3.52. The first kappa shape index (κ1) is 21.2. The van der Waals surface area contributed by atoms with Gasteiger partial charge in [-0.25, -0.2) is 0 Å². The molecule has 3 heteroatoms. The van der Waals surface area contributed by atoms with Crippen LogP contribution in [-0.2, 0) is 0 Å². The van der Waals surface area contributed by atoms with E-state index in [1.807, 2.05) is 17.0 Å². The molecule has 1 rings (SSSR count). The maximum atomic E-state index is 13.3. The molecule has 0 radical (unpaired) electrons. The minimum Gasteiger partial charge on any atom is -0.334 e. The summed E-state index contributed by atoms with van der Waals surface area (Å²) in [5, 5.41) is 1.53. The highest BCUT2D eigenvalue weighted by Gasteiger charge is 2.38. The molecule has 0 aromatic heterocycles. The van der Waals surface area contributed by atoms with Crippen molar-refractivity contribution in [2.75, 3.05) is 0 Å². The van der Waals surface area contributed by atoms with Gasteiger partial charge in [-0.05, 0) is 49.4 Å². The fourth-order valence-corrected chi connectivity index (χ4v) is 7.89. The predicted molar refractivity (Wildman–Crippen MR) is 109 cm³/mol. The Kier molecular flexibility index (Phi) is 6.67. The number of carbonyl (C=O) groups is 1. The summed E-state index contributed by atoms with van der Waals surface area (Å²) in [6.45, 7) is 22.2. The monoisotopic (exact) mass is 349 g/mol. The molecular formula is C21H36NOP. The van der Waals surface area contributed by atoms with E-state index in [1.54, 1.807) is 0 Å². The van der Waals surface area contributed by atoms with Gasteiger partial charge in [0.1, 0.15) is 0 Å². The third-order valence-corrected chi connectivity index (χ3v) is 7.62. The Hall–Kier alpha value is -0.880. The Morgan fingerprint density at radius 1 is 0.875 bits per heavy atom. The van der Waals surface area contributed by atoms with Gasteiger partial charge in [0.2, 0.25) is 0 Å². The van der Waals surface area contributed by atoms with Gasteiger partial charge in [-0.1, -0.05) is 67.7 Å². The van der Waals surface area contributed by atoms with E-state index in [1.165, 1.54) is 5.30 Å². The summed E-state index contributed by atoms with van der Waals surface area (Å²) in [4.78, 5) is 15.3. The average Bonchev–Trinajstić information content (AvgIpc) is 2.34. The second-order valence-electron chi connectivity index (χ2n) is 9.09. The molecule has 24 heavy (non-hydrogen) atoms. The number of amides is 1. The number of hydrogen-bond acceptors (Lipinski definition) is 1. The summed E-state index contributed by atoms with van der Waals surface area (Å²) in [7, 11) is -0.502. The first-order chi connectivity index (χ1) is 10.8. The van der Waals surface area contributed by atoms with E-state index in [9.17, 15) is 4.79 Å². The Morgan fingerprint density at radius 3 is 1.67 bits per heavy atom. The molecule has 1 aromatic carbocycles. The van der Waals surface area contributed by atoms with Crippen LogP contribution in [0.1, 0.15) is 79.6 Å². The molecule has 0 fully saturated rings. The molecule has 0 unspecified atom stereocenters. The van der Waals surface area contributed by atoms with Crippen LogP contribution in [0.4, 0.5) is 0 Å². The lowest BCUT2D eigenvalue weighted by Gasteiger charge is -2.43. The van der Waals surface area contributed by atoms with Crippen molar-refractivity contribution in [3.63, 3.8) is 0 Å². The summed E-state index contributed by atoms with van der Waals surface area (Å²) in [5.41, 5.74) is 0.885. The zero-order valence-corrected chi connectivity index (χ0v) is 18.2. The molecule has 0 aliphatic carbocycles. The molecule has 0 spiro atoms. The highest BCUT2D eigenvalue weighted by atomic mass is 31.1. The quantitative estimate of drug-likeness (QED) is 0.643. The van der Waals surface area contributed by atoms with Gasteiger partial charge in [0.25, 0.3) is 5.91 Å². The molecular weight excluding hydrogens is 313 g/mol. The number of benzene rings is 1. The van der Waals surface area contributed by atoms with Crippen molar-refractivity contribution in [1.82, 2.24) is 4.90 Å². The van der Waals surface area contributed by atoms with Crippen molar-refractivity contribution < 1.29 is 4.79 Å². The fourth-order valence-electron chi connectivity index (χ4n) is 3.78. The molecule has 0 saturated heterocycles. The van der Waals surface area contributed by atoms with Crippen LogP contribution in [0.2, 0.25) is 0 Å². The van der Waals surface area contributed by atoms with E-state index in [4.69, 9.17) is 0 Å². The number of rotatable bonds is 4. The SMILES string of the molecule is CC(C)N(C(=O)c1ccccc1P(C(C)(C)C)C(C)(C)C)C(C)C. The normalized spacial score (nSPS) is 13.0. The lowest BCUT2D eigenvalue weighted by Crippen LogP contribution is -2.44. The smallest absolute Gasteiger partial charge is 0.254 e. The van der Waals surface area contributed by atoms with Gasteiger partial charge in [-0.3, -0.25) is 4.79 Å². The lowest BCUT2D eigenvalue weighted by molar-refractivity contribution is 0.0645. The van der Waals surface area contributed by atoms with Crippen molar-refractivity contribution in [3.8, 4) is 0 Å². The lowest BCUT2D eigenvalue weighted by atomic mass is 10.1. The minimum atomic E-state index is -0.502. The second-order valence-corrected chi connectivity index (χ2v) is 12.9. The van der Waals surface area contributed by atoms with Gasteiger partial charge in [0.15, 0.2) is 0 Å². The van der Waals surface area contributed by atoms with Gasteiger partial charge in [0, 0.05) is 17.6 Å². The van der Waals surface area contributed by atoms with Gasteiger partial charge < -0.3 is 4.90 Å². The van der Waals surface area contributed by atoms with Gasteiger partial charge in [0.05, 0.1) is 0 Å². The molecule has 0 N–H and O–H groups in total. The summed E-state index contributed by atoms with van der Waals surface area (Å²) < 4.78 is 0. The largest absolute Gasteiger partial charge is 0.334 e. The standard InChI is InChI=1S/C21H36NOP/c1-15(2)22(16(3)4)19(23)17-13-11-12-14-18(17)24(20(5,6)7)21(8,9)10/h11-16H,1-10H3. The molecule has 1 aromatic rings. The van der Waals surface area contributed by atoms with Crippen molar-refractivity contribution in [1.29, 1.82) is 0 Å². The number of hydrogen-bond donors (Lipinski definition) is 0. The first-order valence-electron chi connectivity index (χ1n) is 9.00. The van der Waals surface area contributed by atoms with Crippen molar-refractivity contribution in [2.45, 2.75) is 91.6 Å². The maximum absolute atomic E-state index is 13.3. The molecule has 0 atom stereocenters. The fraction of sp³-hybridized carbons (Fsp3) is 0.667. The van der Waals surface area contributed by atoms with E-state index in [0.717, 1.165) is 5.56 Å². The van der Waals surface area contributed by atoms with Crippen molar-refractivity contribution in [3.05, 3.63) is 29.8 Å². The van der Waals surface area contributed by atoms with Gasteiger partial charge >= 0.3 is 0 Å². The molecule has 0 saturated carbocycles. The Morgan fingerprint density at radius 2 is 1.29 bits per heavy atom. The van der Waals surface area contributed by atoms with E-state index in [-0.39, 0.29) is 28.3 Å². The Labute approximate surface area is 150 Å². The third-order valence-electron chi connectivity index (χ3n) is 4.06. The number of carbonyl (C=O) groups excluding carboxylic acids is 1. The van der Waals surface area contributed by atoms with E-state index < -0.39 is 7.92 Å². The zero-order chi connectivity index (χ0) is 18.9. The molecule has 2 nitrogen and oxygen atoms in total. The topological polar surface area (TPSA) is 20.3 Å². The summed E-state index contributed by atoms with van der Waals surface area (Å²) in [6, 6.07) is 8.65. The zero-order valence-electron chi connectivity index (χ0n) is 17.3. The van der Waals surface area contributed by atoms with Gasteiger partial charge in [-0.15, -0.1) is 0 Å². The predicted octanol–water partition coefficient (Wildman–Crippen LogP) is 5.65. The molecule has 0 aliphatic heterocycles. The molecule has 0 aliphatic rings. The van der Waals surface area contributed by atoms with E-state index >= 15 is 0 Å². The molecule has 1 amide bonds. The van der Waals surface area contributed by atoms with Crippen LogP contribution in [0.5, 0.6) is 0 Å². The second kappa shape index (κ2) is 7.56. The van der Waals surface area contributed by atoms with Crippen LogP contribution < -0.4 is 5.30 Å². The average molecular weight is 349 g/mol. The highest BCUT2D eigenvalue weighted by molar-refractivity contribution is 7.68. The van der Waals surface area contributed by atoms with Crippen LogP contribution in [0.15, 0.2) is 24.3 Å². The Bertz CT molecular complexity index is 542. The summed E-state index contributed by atoms with van der Waals surface area (Å²) in [5.74, 6) is 0.164. The van der Waals surface area contributed by atoms with E-state index in [2.05, 4.69) is 81.4 Å². The highest BCUT2D eigenvalue weighted by Crippen LogP contribution is 2.58. The number of nitrogens with zero attached hydrogens (tertiary/aromatic N) is 1. The summed E-state index contributed by atoms with van der Waals surface area (Å²) in [6.07, 6.45) is 0. The van der Waals surface area contributed by atoms with Gasteiger partial charge in [-0.2, -0.15) is 0 Å². The first-order valence-corrected chi connectivity index (χ1v) is 10.3. The summed E-state index contributed by atoms with van der Waals surface area (Å²) >= 11 is 0.